The number of nitrogens with one attached hydrogen (secondary N) is 1. The van der Waals surface area contributed by atoms with Gasteiger partial charge in [-0.3, -0.25) is 4.79 Å². The number of benzene rings is 2. The fourth-order valence-corrected chi connectivity index (χ4v) is 3.80. The van der Waals surface area contributed by atoms with Crippen LogP contribution in [-0.2, 0) is 11.0 Å². The maximum absolute atomic E-state index is 13.1. The molecular formula is C22H18ClF3N6O2. The summed E-state index contributed by atoms with van der Waals surface area (Å²) in [5.41, 5.74) is 7.40. The van der Waals surface area contributed by atoms with Crippen LogP contribution < -0.4 is 11.1 Å². The standard InChI is InChI=1S/C22H18ClF3N6O2/c1-10-5-12(7-13(6-10)22(24,25)26)19(33)21(34)30-14-3-4-16(15(23)8-14)32-18-17(11(2)31-32)28-9-29-20(18)27/h3-9,19,33H,1-2H3,(H,30,34)(H2,27,28,29)/t19-/m1/s1. The zero-order valence-corrected chi connectivity index (χ0v) is 18.6. The van der Waals surface area contributed by atoms with Crippen LogP contribution in [0.3, 0.4) is 0 Å². The first-order valence-electron chi connectivity index (χ1n) is 9.89. The Morgan fingerprint density at radius 2 is 1.91 bits per heavy atom. The third kappa shape index (κ3) is 4.39. The number of aryl methyl sites for hydroxylation is 2. The SMILES string of the molecule is Cc1cc([C@@H](O)C(=O)Nc2ccc(-n3nc(C)c4ncnc(N)c43)c(Cl)c2)cc(C(F)(F)F)c1. The van der Waals surface area contributed by atoms with Crippen molar-refractivity contribution in [2.75, 3.05) is 11.1 Å². The summed E-state index contributed by atoms with van der Waals surface area (Å²) in [7, 11) is 0. The van der Waals surface area contributed by atoms with Crippen molar-refractivity contribution in [3.63, 3.8) is 0 Å². The molecule has 4 N–H and O–H groups in total. The molecule has 0 saturated carbocycles. The number of nitrogen functional groups attached to an aromatic ring is 1. The van der Waals surface area contributed by atoms with E-state index in [1.165, 1.54) is 36.1 Å². The minimum absolute atomic E-state index is 0.179. The maximum Gasteiger partial charge on any atom is 0.416 e. The van der Waals surface area contributed by atoms with Gasteiger partial charge in [0.1, 0.15) is 17.4 Å². The second kappa shape index (κ2) is 8.58. The number of amides is 1. The number of nitrogens with zero attached hydrogens (tertiary/aromatic N) is 4. The fraction of sp³-hybridized carbons (Fsp3) is 0.182. The van der Waals surface area contributed by atoms with Gasteiger partial charge < -0.3 is 16.2 Å². The van der Waals surface area contributed by atoms with E-state index in [1.807, 2.05) is 0 Å². The predicted octanol–water partition coefficient (Wildman–Crippen LogP) is 4.36. The van der Waals surface area contributed by atoms with Gasteiger partial charge in [-0.1, -0.05) is 23.2 Å². The highest BCUT2D eigenvalue weighted by atomic mass is 35.5. The Morgan fingerprint density at radius 1 is 1.18 bits per heavy atom. The van der Waals surface area contributed by atoms with Gasteiger partial charge in [-0.05, 0) is 49.7 Å². The summed E-state index contributed by atoms with van der Waals surface area (Å²) >= 11 is 6.42. The molecule has 2 heterocycles. The number of halogens is 4. The van der Waals surface area contributed by atoms with Crippen LogP contribution in [0, 0.1) is 13.8 Å². The molecule has 2 aromatic carbocycles. The van der Waals surface area contributed by atoms with Crippen LogP contribution >= 0.6 is 11.6 Å². The van der Waals surface area contributed by atoms with E-state index in [0.717, 1.165) is 12.1 Å². The Morgan fingerprint density at radius 3 is 2.59 bits per heavy atom. The molecule has 12 heteroatoms. The highest BCUT2D eigenvalue weighted by Gasteiger charge is 2.32. The van der Waals surface area contributed by atoms with Crippen molar-refractivity contribution in [1.82, 2.24) is 19.7 Å². The van der Waals surface area contributed by atoms with Gasteiger partial charge in [0.05, 0.1) is 22.0 Å². The number of hydrogen-bond donors (Lipinski definition) is 3. The lowest BCUT2D eigenvalue weighted by Crippen LogP contribution is -2.21. The van der Waals surface area contributed by atoms with Crippen LogP contribution in [0.5, 0.6) is 0 Å². The Kier molecular flexibility index (Phi) is 5.92. The predicted molar refractivity (Wildman–Crippen MR) is 121 cm³/mol. The van der Waals surface area contributed by atoms with Crippen molar-refractivity contribution in [2.45, 2.75) is 26.1 Å². The van der Waals surface area contributed by atoms with Crippen molar-refractivity contribution in [2.24, 2.45) is 0 Å². The molecule has 0 aliphatic heterocycles. The highest BCUT2D eigenvalue weighted by Crippen LogP contribution is 2.33. The first-order chi connectivity index (χ1) is 16.0. The van der Waals surface area contributed by atoms with Gasteiger partial charge in [-0.25, -0.2) is 14.6 Å². The number of rotatable bonds is 4. The molecule has 0 aliphatic rings. The number of alkyl halides is 3. The number of carbonyl (C=O) groups is 1. The molecule has 0 radical (unpaired) electrons. The second-order valence-electron chi connectivity index (χ2n) is 7.64. The van der Waals surface area contributed by atoms with E-state index in [9.17, 15) is 23.1 Å². The van der Waals surface area contributed by atoms with Gasteiger partial charge in [-0.15, -0.1) is 0 Å². The molecule has 0 aliphatic carbocycles. The molecule has 1 amide bonds. The van der Waals surface area contributed by atoms with E-state index in [0.29, 0.717) is 22.4 Å². The molecule has 176 valence electrons. The smallest absolute Gasteiger partial charge is 0.382 e. The van der Waals surface area contributed by atoms with Crippen molar-refractivity contribution in [3.8, 4) is 5.69 Å². The third-order valence-corrected chi connectivity index (χ3v) is 5.39. The zero-order chi connectivity index (χ0) is 24.8. The molecule has 4 rings (SSSR count). The van der Waals surface area contributed by atoms with E-state index < -0.39 is 23.8 Å². The lowest BCUT2D eigenvalue weighted by atomic mass is 10.0. The molecule has 0 spiro atoms. The Balaban J connectivity index is 1.61. The van der Waals surface area contributed by atoms with Gasteiger partial charge in [0, 0.05) is 5.69 Å². The summed E-state index contributed by atoms with van der Waals surface area (Å²) in [6.45, 7) is 3.20. The van der Waals surface area contributed by atoms with Crippen LogP contribution in [0.2, 0.25) is 5.02 Å². The fourth-order valence-electron chi connectivity index (χ4n) is 3.54. The van der Waals surface area contributed by atoms with E-state index >= 15 is 0 Å². The van der Waals surface area contributed by atoms with Crippen LogP contribution in [0.25, 0.3) is 16.7 Å². The van der Waals surface area contributed by atoms with Crippen molar-refractivity contribution < 1.29 is 23.1 Å². The number of aromatic nitrogens is 4. The number of nitrogens with two attached hydrogens (primary N) is 1. The Hall–Kier alpha value is -3.70. The largest absolute Gasteiger partial charge is 0.416 e. The second-order valence-corrected chi connectivity index (χ2v) is 8.05. The number of aliphatic hydroxyl groups is 1. The van der Waals surface area contributed by atoms with Crippen LogP contribution in [-0.4, -0.2) is 30.8 Å². The van der Waals surface area contributed by atoms with Gasteiger partial charge >= 0.3 is 6.18 Å². The molecule has 0 saturated heterocycles. The first-order valence-corrected chi connectivity index (χ1v) is 10.3. The van der Waals surface area contributed by atoms with Gasteiger partial charge in [0.15, 0.2) is 11.9 Å². The summed E-state index contributed by atoms with van der Waals surface area (Å²) < 4.78 is 40.7. The molecule has 0 bridgehead atoms. The van der Waals surface area contributed by atoms with E-state index in [4.69, 9.17) is 17.3 Å². The minimum atomic E-state index is -4.61. The number of aliphatic hydroxyl groups excluding tert-OH is 1. The molecule has 4 aromatic rings. The average Bonchev–Trinajstić information content (AvgIpc) is 3.10. The number of hydrogen-bond acceptors (Lipinski definition) is 6. The molecule has 34 heavy (non-hydrogen) atoms. The zero-order valence-electron chi connectivity index (χ0n) is 17.9. The normalized spacial score (nSPS) is 12.7. The van der Waals surface area contributed by atoms with E-state index in [1.54, 1.807) is 13.0 Å². The summed E-state index contributed by atoms with van der Waals surface area (Å²) in [6.07, 6.45) is -5.10. The lowest BCUT2D eigenvalue weighted by molar-refractivity contribution is -0.138. The maximum atomic E-state index is 13.1. The number of anilines is 2. The van der Waals surface area contributed by atoms with Crippen molar-refractivity contribution in [1.29, 1.82) is 0 Å². The minimum Gasteiger partial charge on any atom is -0.382 e. The van der Waals surface area contributed by atoms with E-state index in [2.05, 4.69) is 20.4 Å². The summed E-state index contributed by atoms with van der Waals surface area (Å²) in [5.74, 6) is -0.709. The van der Waals surface area contributed by atoms with Gasteiger partial charge in [-0.2, -0.15) is 18.3 Å². The molecule has 0 fully saturated rings. The molecule has 2 aromatic heterocycles. The van der Waals surface area contributed by atoms with Crippen molar-refractivity contribution >= 4 is 40.0 Å². The molecule has 1 atom stereocenters. The topological polar surface area (TPSA) is 119 Å². The van der Waals surface area contributed by atoms with Gasteiger partial charge in [0.2, 0.25) is 0 Å². The van der Waals surface area contributed by atoms with Crippen LogP contribution in [0.4, 0.5) is 24.7 Å². The van der Waals surface area contributed by atoms with Crippen LogP contribution in [0.15, 0.2) is 42.7 Å². The molecular weight excluding hydrogens is 473 g/mol. The first kappa shape index (κ1) is 23.5. The van der Waals surface area contributed by atoms with Crippen molar-refractivity contribution in [3.05, 3.63) is 70.1 Å². The number of carbonyl (C=O) groups excluding carboxylic acids is 1. The Bertz CT molecular complexity index is 1420. The summed E-state index contributed by atoms with van der Waals surface area (Å²) in [4.78, 5) is 20.7. The quantitative estimate of drug-likeness (QED) is 0.391. The third-order valence-electron chi connectivity index (χ3n) is 5.09. The van der Waals surface area contributed by atoms with E-state index in [-0.39, 0.29) is 27.7 Å². The van der Waals surface area contributed by atoms with Crippen LogP contribution in [0.1, 0.15) is 28.5 Å². The lowest BCUT2D eigenvalue weighted by Gasteiger charge is -2.16. The number of fused-ring (bicyclic) bond motifs is 1. The molecule has 0 unspecified atom stereocenters. The highest BCUT2D eigenvalue weighted by molar-refractivity contribution is 6.32. The molecule has 8 nitrogen and oxygen atoms in total. The van der Waals surface area contributed by atoms with Gasteiger partial charge in [0.25, 0.3) is 5.91 Å². The summed E-state index contributed by atoms with van der Waals surface area (Å²) in [5, 5.41) is 17.4. The monoisotopic (exact) mass is 490 g/mol. The Labute approximate surface area is 196 Å². The average molecular weight is 491 g/mol. The summed E-state index contributed by atoms with van der Waals surface area (Å²) in [6, 6.07) is 7.48.